The predicted octanol–water partition coefficient (Wildman–Crippen LogP) is 0.979. The molecule has 1 aliphatic rings. The molecule has 3 N–H and O–H groups in total. The van der Waals surface area contributed by atoms with Crippen LogP contribution in [-0.2, 0) is 4.74 Å². The Morgan fingerprint density at radius 2 is 2.12 bits per heavy atom. The normalized spacial score (nSPS) is 24.7. The number of nitrogen functional groups attached to an aromatic ring is 1. The molecule has 0 aliphatic carbocycles. The van der Waals surface area contributed by atoms with Gasteiger partial charge in [-0.05, 0) is 26.0 Å². The van der Waals surface area contributed by atoms with E-state index in [1.165, 1.54) is 0 Å². The van der Waals surface area contributed by atoms with Crippen LogP contribution in [0.25, 0.3) is 0 Å². The number of nitrogens with one attached hydrogen (secondary N) is 1. The first-order valence-electron chi connectivity index (χ1n) is 5.77. The van der Waals surface area contributed by atoms with E-state index in [1.807, 2.05) is 12.1 Å². The lowest BCUT2D eigenvalue weighted by atomic mass is 10.2. The lowest BCUT2D eigenvalue weighted by Crippen LogP contribution is -2.45. The van der Waals surface area contributed by atoms with Gasteiger partial charge < -0.3 is 15.4 Å². The van der Waals surface area contributed by atoms with Crippen molar-refractivity contribution in [3.05, 3.63) is 24.0 Å². The van der Waals surface area contributed by atoms with Gasteiger partial charge in [0.25, 0.3) is 0 Å². The first-order valence-corrected chi connectivity index (χ1v) is 5.77. The Hall–Kier alpha value is -1.62. The Morgan fingerprint density at radius 3 is 2.71 bits per heavy atom. The molecular weight excluding hydrogens is 216 g/mol. The largest absolute Gasteiger partial charge is 0.382 e. The number of hydrogen-bond donors (Lipinski definition) is 2. The van der Waals surface area contributed by atoms with Gasteiger partial charge in [-0.2, -0.15) is 0 Å². The average molecular weight is 234 g/mol. The minimum absolute atomic E-state index is 0.00112. The van der Waals surface area contributed by atoms with Crippen molar-refractivity contribution < 1.29 is 4.74 Å². The predicted molar refractivity (Wildman–Crippen MR) is 67.5 cm³/mol. The molecule has 0 bridgehead atoms. The summed E-state index contributed by atoms with van der Waals surface area (Å²) in [4.78, 5) is 6.31. The van der Waals surface area contributed by atoms with E-state index < -0.39 is 0 Å². The Balaban J connectivity index is 2.21. The molecule has 0 saturated carbocycles. The molecule has 2 heterocycles. The third kappa shape index (κ3) is 2.74. The molecule has 5 nitrogen and oxygen atoms in total. The fourth-order valence-electron chi connectivity index (χ4n) is 2.15. The van der Waals surface area contributed by atoms with Crippen LogP contribution in [0.1, 0.15) is 19.5 Å². The highest BCUT2D eigenvalue weighted by Crippen LogP contribution is 2.20. The van der Waals surface area contributed by atoms with E-state index in [-0.39, 0.29) is 18.0 Å². The fraction of sp³-hybridized carbons (Fsp3) is 0.500. The number of anilines is 1. The quantitative estimate of drug-likeness (QED) is 0.591. The summed E-state index contributed by atoms with van der Waals surface area (Å²) in [5.74, 6) is 0.00112. The van der Waals surface area contributed by atoms with Gasteiger partial charge in [-0.3, -0.25) is 10.4 Å². The molecule has 0 spiro atoms. The number of aromatic nitrogens is 1. The Kier molecular flexibility index (Phi) is 3.28. The number of ether oxygens (including phenoxy) is 1. The summed E-state index contributed by atoms with van der Waals surface area (Å²) in [5.41, 5.74) is 7.02. The maximum absolute atomic E-state index is 7.40. The second-order valence-corrected chi connectivity index (χ2v) is 4.48. The maximum atomic E-state index is 7.40. The maximum Gasteiger partial charge on any atom is 0.141 e. The van der Waals surface area contributed by atoms with Crippen molar-refractivity contribution in [2.45, 2.75) is 26.1 Å². The molecule has 0 radical (unpaired) electrons. The molecule has 5 heteroatoms. The summed E-state index contributed by atoms with van der Waals surface area (Å²) >= 11 is 0. The molecular formula is C12H18N4O. The zero-order valence-corrected chi connectivity index (χ0v) is 10.2. The van der Waals surface area contributed by atoms with Crippen LogP contribution in [0.5, 0.6) is 0 Å². The minimum atomic E-state index is 0.00112. The SMILES string of the molecule is CC1CN(c2ccnc(C(=N)N)c2)CC(C)O1. The smallest absolute Gasteiger partial charge is 0.141 e. The van der Waals surface area contributed by atoms with E-state index in [2.05, 4.69) is 23.7 Å². The highest BCUT2D eigenvalue weighted by atomic mass is 16.5. The zero-order valence-electron chi connectivity index (χ0n) is 10.2. The second-order valence-electron chi connectivity index (χ2n) is 4.48. The van der Waals surface area contributed by atoms with Crippen LogP contribution >= 0.6 is 0 Å². The number of amidine groups is 1. The van der Waals surface area contributed by atoms with Gasteiger partial charge in [0.05, 0.1) is 12.2 Å². The second kappa shape index (κ2) is 4.71. The molecule has 92 valence electrons. The summed E-state index contributed by atoms with van der Waals surface area (Å²) in [6.45, 7) is 5.84. The molecule has 0 aromatic carbocycles. The molecule has 1 fully saturated rings. The van der Waals surface area contributed by atoms with Crippen LogP contribution in [0.2, 0.25) is 0 Å². The van der Waals surface area contributed by atoms with Crippen LogP contribution in [0, 0.1) is 5.41 Å². The van der Waals surface area contributed by atoms with E-state index in [9.17, 15) is 0 Å². The van der Waals surface area contributed by atoms with Crippen LogP contribution in [-0.4, -0.2) is 36.1 Å². The standard InChI is InChI=1S/C12H18N4O/c1-8-6-16(7-9(2)17-8)10-3-4-15-11(5-10)12(13)14/h3-5,8-9H,6-7H2,1-2H3,(H3,13,14). The third-order valence-electron chi connectivity index (χ3n) is 2.80. The number of nitrogens with two attached hydrogens (primary N) is 1. The molecule has 2 unspecified atom stereocenters. The summed E-state index contributed by atoms with van der Waals surface area (Å²) in [6.07, 6.45) is 2.12. The average Bonchev–Trinajstić information content (AvgIpc) is 2.28. The van der Waals surface area contributed by atoms with Gasteiger partial charge in [-0.25, -0.2) is 0 Å². The van der Waals surface area contributed by atoms with Crippen molar-refractivity contribution >= 4 is 11.5 Å². The van der Waals surface area contributed by atoms with Crippen molar-refractivity contribution in [2.24, 2.45) is 5.73 Å². The van der Waals surface area contributed by atoms with Crippen LogP contribution in [0.15, 0.2) is 18.3 Å². The van der Waals surface area contributed by atoms with Crippen LogP contribution in [0.3, 0.4) is 0 Å². The fourth-order valence-corrected chi connectivity index (χ4v) is 2.15. The van der Waals surface area contributed by atoms with Crippen molar-refractivity contribution in [3.63, 3.8) is 0 Å². The van der Waals surface area contributed by atoms with Crippen molar-refractivity contribution in [1.82, 2.24) is 4.98 Å². The lowest BCUT2D eigenvalue weighted by molar-refractivity contribution is -0.00522. The Labute approximate surface area is 101 Å². The first kappa shape index (κ1) is 11.9. The molecule has 1 aliphatic heterocycles. The van der Waals surface area contributed by atoms with Crippen molar-refractivity contribution in [2.75, 3.05) is 18.0 Å². The van der Waals surface area contributed by atoms with E-state index >= 15 is 0 Å². The van der Waals surface area contributed by atoms with Crippen molar-refractivity contribution in [3.8, 4) is 0 Å². The van der Waals surface area contributed by atoms with Crippen LogP contribution < -0.4 is 10.6 Å². The number of pyridine rings is 1. The molecule has 2 rings (SSSR count). The minimum Gasteiger partial charge on any atom is -0.382 e. The summed E-state index contributed by atoms with van der Waals surface area (Å²) in [6, 6.07) is 3.80. The topological polar surface area (TPSA) is 75.2 Å². The van der Waals surface area contributed by atoms with Gasteiger partial charge >= 0.3 is 0 Å². The Bertz CT molecular complexity index is 411. The van der Waals surface area contributed by atoms with Crippen molar-refractivity contribution in [1.29, 1.82) is 5.41 Å². The number of hydrogen-bond acceptors (Lipinski definition) is 4. The van der Waals surface area contributed by atoms with Gasteiger partial charge in [-0.1, -0.05) is 0 Å². The first-order chi connectivity index (χ1) is 8.06. The van der Waals surface area contributed by atoms with Gasteiger partial charge in [0.2, 0.25) is 0 Å². The number of morpholine rings is 1. The highest BCUT2D eigenvalue weighted by molar-refractivity contribution is 5.93. The van der Waals surface area contributed by atoms with Crippen LogP contribution in [0.4, 0.5) is 5.69 Å². The molecule has 1 aromatic rings. The van der Waals surface area contributed by atoms with E-state index in [0.29, 0.717) is 5.69 Å². The Morgan fingerprint density at radius 1 is 1.47 bits per heavy atom. The molecule has 17 heavy (non-hydrogen) atoms. The van der Waals surface area contributed by atoms with Gasteiger partial charge in [-0.15, -0.1) is 0 Å². The molecule has 1 aromatic heterocycles. The molecule has 0 amide bonds. The van der Waals surface area contributed by atoms with Gasteiger partial charge in [0.1, 0.15) is 11.5 Å². The summed E-state index contributed by atoms with van der Waals surface area (Å²) < 4.78 is 5.69. The zero-order chi connectivity index (χ0) is 12.4. The van der Waals surface area contributed by atoms with Gasteiger partial charge in [0, 0.05) is 25.0 Å². The van der Waals surface area contributed by atoms with E-state index in [0.717, 1.165) is 18.8 Å². The highest BCUT2D eigenvalue weighted by Gasteiger charge is 2.22. The van der Waals surface area contributed by atoms with E-state index in [4.69, 9.17) is 15.9 Å². The lowest BCUT2D eigenvalue weighted by Gasteiger charge is -2.36. The number of nitrogens with zero attached hydrogens (tertiary/aromatic N) is 2. The molecule has 2 atom stereocenters. The monoisotopic (exact) mass is 234 g/mol. The summed E-state index contributed by atoms with van der Waals surface area (Å²) in [7, 11) is 0. The molecule has 1 saturated heterocycles. The number of rotatable bonds is 2. The third-order valence-corrected chi connectivity index (χ3v) is 2.80. The van der Waals surface area contributed by atoms with Gasteiger partial charge in [0.15, 0.2) is 0 Å². The summed E-state index contributed by atoms with van der Waals surface area (Å²) in [5, 5.41) is 7.40. The van der Waals surface area contributed by atoms with E-state index in [1.54, 1.807) is 6.20 Å².